The molecule has 0 saturated heterocycles. The molecule has 2 rings (SSSR count). The molecular weight excluding hydrogens is 249 g/mol. The molecule has 0 fully saturated rings. The van der Waals surface area contributed by atoms with E-state index in [0.717, 1.165) is 16.7 Å². The molecular formula is C14H18BN5. The molecule has 0 saturated carbocycles. The van der Waals surface area contributed by atoms with Crippen molar-refractivity contribution in [3.8, 4) is 0 Å². The standard InChI is InChI=1S/C14H18BN5/c1-9(2)19(4)14(13(15)10(3)16)20-12-8-6-5-7-11(12)17-18-20/h5-8,13-14H,1,3,16H2,2,4H3. The number of hydrogen-bond acceptors (Lipinski definition) is 4. The van der Waals surface area contributed by atoms with Crippen molar-refractivity contribution in [1.82, 2.24) is 19.9 Å². The minimum absolute atomic E-state index is 0.322. The van der Waals surface area contributed by atoms with Crippen LogP contribution in [0.4, 0.5) is 0 Å². The first kappa shape index (κ1) is 14.2. The molecule has 102 valence electrons. The number of allylic oxidation sites excluding steroid dienone is 1. The Morgan fingerprint density at radius 3 is 2.65 bits per heavy atom. The van der Waals surface area contributed by atoms with E-state index in [1.54, 1.807) is 4.68 Å². The lowest BCUT2D eigenvalue weighted by Crippen LogP contribution is -2.34. The largest absolute Gasteiger partial charge is 0.403 e. The first-order valence-electron chi connectivity index (χ1n) is 6.31. The summed E-state index contributed by atoms with van der Waals surface area (Å²) in [6, 6.07) is 7.70. The Kier molecular flexibility index (Phi) is 3.83. The summed E-state index contributed by atoms with van der Waals surface area (Å²) in [4.78, 5) is 1.92. The van der Waals surface area contributed by atoms with Crippen molar-refractivity contribution in [3.63, 3.8) is 0 Å². The molecule has 0 aliphatic carbocycles. The van der Waals surface area contributed by atoms with Crippen LogP contribution in [-0.2, 0) is 0 Å². The van der Waals surface area contributed by atoms with Crippen molar-refractivity contribution in [3.05, 3.63) is 48.8 Å². The minimum Gasteiger partial charge on any atom is -0.403 e. The van der Waals surface area contributed by atoms with Crippen LogP contribution in [0.1, 0.15) is 13.1 Å². The molecule has 0 spiro atoms. The third-order valence-electron chi connectivity index (χ3n) is 3.38. The third-order valence-corrected chi connectivity index (χ3v) is 3.38. The van der Waals surface area contributed by atoms with Crippen LogP contribution < -0.4 is 5.73 Å². The zero-order valence-corrected chi connectivity index (χ0v) is 11.8. The summed E-state index contributed by atoms with van der Waals surface area (Å²) in [5.41, 5.74) is 8.73. The number of benzene rings is 1. The average molecular weight is 267 g/mol. The Balaban J connectivity index is 2.56. The van der Waals surface area contributed by atoms with Gasteiger partial charge in [-0.1, -0.05) is 30.5 Å². The molecule has 2 radical (unpaired) electrons. The van der Waals surface area contributed by atoms with Crippen molar-refractivity contribution in [2.45, 2.75) is 18.9 Å². The second-order valence-electron chi connectivity index (χ2n) is 4.88. The zero-order valence-electron chi connectivity index (χ0n) is 11.8. The fraction of sp³-hybridized carbons (Fsp3) is 0.286. The lowest BCUT2D eigenvalue weighted by molar-refractivity contribution is 0.210. The molecule has 2 atom stereocenters. The normalized spacial score (nSPS) is 13.9. The SMILES string of the molecule is [B]C(C(=C)N)C(N(C)C(=C)C)n1nnc2ccccc21. The van der Waals surface area contributed by atoms with Gasteiger partial charge in [-0.25, -0.2) is 4.68 Å². The van der Waals surface area contributed by atoms with Gasteiger partial charge in [0, 0.05) is 18.6 Å². The average Bonchev–Trinajstić information content (AvgIpc) is 2.82. The Hall–Kier alpha value is -2.24. The Labute approximate surface area is 120 Å². The van der Waals surface area contributed by atoms with Gasteiger partial charge in [-0.3, -0.25) is 0 Å². The topological polar surface area (TPSA) is 60.0 Å². The van der Waals surface area contributed by atoms with Crippen molar-refractivity contribution >= 4 is 18.9 Å². The Morgan fingerprint density at radius 2 is 2.05 bits per heavy atom. The van der Waals surface area contributed by atoms with E-state index in [1.807, 2.05) is 43.1 Å². The number of nitrogens with two attached hydrogens (primary N) is 1. The van der Waals surface area contributed by atoms with Crippen LogP contribution in [0, 0.1) is 0 Å². The highest BCUT2D eigenvalue weighted by Gasteiger charge is 2.26. The van der Waals surface area contributed by atoms with Gasteiger partial charge in [-0.05, 0) is 24.8 Å². The van der Waals surface area contributed by atoms with Gasteiger partial charge in [-0.2, -0.15) is 0 Å². The number of para-hydroxylation sites is 1. The highest BCUT2D eigenvalue weighted by Crippen LogP contribution is 2.31. The van der Waals surface area contributed by atoms with Gasteiger partial charge in [-0.15, -0.1) is 5.10 Å². The number of hydrogen-bond donors (Lipinski definition) is 1. The van der Waals surface area contributed by atoms with E-state index >= 15 is 0 Å². The minimum atomic E-state index is -0.484. The molecule has 1 heterocycles. The lowest BCUT2D eigenvalue weighted by atomic mass is 9.81. The fourth-order valence-corrected chi connectivity index (χ4v) is 2.06. The first-order chi connectivity index (χ1) is 9.43. The molecule has 1 aromatic heterocycles. The molecule has 0 aliphatic rings. The summed E-state index contributed by atoms with van der Waals surface area (Å²) in [5, 5.41) is 8.36. The summed E-state index contributed by atoms with van der Waals surface area (Å²) >= 11 is 0. The van der Waals surface area contributed by atoms with Gasteiger partial charge in [0.25, 0.3) is 0 Å². The highest BCUT2D eigenvalue weighted by molar-refractivity contribution is 6.13. The molecule has 0 amide bonds. The van der Waals surface area contributed by atoms with Gasteiger partial charge in [0.05, 0.1) is 13.4 Å². The molecule has 1 aromatic carbocycles. The summed E-state index contributed by atoms with van der Waals surface area (Å²) in [6.45, 7) is 9.59. The van der Waals surface area contributed by atoms with Gasteiger partial charge in [0.2, 0.25) is 0 Å². The number of rotatable bonds is 5. The Bertz CT molecular complexity index is 628. The summed E-state index contributed by atoms with van der Waals surface area (Å²) in [6.07, 6.45) is -0.322. The number of aromatic nitrogens is 3. The predicted molar refractivity (Wildman–Crippen MR) is 82.0 cm³/mol. The van der Waals surface area contributed by atoms with Crippen molar-refractivity contribution < 1.29 is 0 Å². The van der Waals surface area contributed by atoms with E-state index in [9.17, 15) is 0 Å². The second-order valence-corrected chi connectivity index (χ2v) is 4.88. The summed E-state index contributed by atoms with van der Waals surface area (Å²) in [7, 11) is 8.08. The van der Waals surface area contributed by atoms with E-state index in [0.29, 0.717) is 5.70 Å². The van der Waals surface area contributed by atoms with Gasteiger partial charge >= 0.3 is 0 Å². The third kappa shape index (κ3) is 2.41. The lowest BCUT2D eigenvalue weighted by Gasteiger charge is -2.35. The number of fused-ring (bicyclic) bond motifs is 1. The predicted octanol–water partition coefficient (Wildman–Crippen LogP) is 1.82. The van der Waals surface area contributed by atoms with Crippen LogP contribution in [0.3, 0.4) is 0 Å². The fourth-order valence-electron chi connectivity index (χ4n) is 2.06. The van der Waals surface area contributed by atoms with E-state index in [1.165, 1.54) is 0 Å². The van der Waals surface area contributed by atoms with Crippen LogP contribution in [0.2, 0.25) is 5.82 Å². The smallest absolute Gasteiger partial charge is 0.125 e. The molecule has 5 nitrogen and oxygen atoms in total. The van der Waals surface area contributed by atoms with Crippen LogP contribution in [-0.4, -0.2) is 34.8 Å². The first-order valence-corrected chi connectivity index (χ1v) is 6.31. The monoisotopic (exact) mass is 267 g/mol. The quantitative estimate of drug-likeness (QED) is 0.839. The van der Waals surface area contributed by atoms with Gasteiger partial charge < -0.3 is 10.6 Å². The van der Waals surface area contributed by atoms with E-state index in [4.69, 9.17) is 13.6 Å². The van der Waals surface area contributed by atoms with Crippen molar-refractivity contribution in [2.75, 3.05) is 7.05 Å². The van der Waals surface area contributed by atoms with Crippen LogP contribution in [0.25, 0.3) is 11.0 Å². The molecule has 2 unspecified atom stereocenters. The Morgan fingerprint density at radius 1 is 1.40 bits per heavy atom. The summed E-state index contributed by atoms with van der Waals surface area (Å²) in [5.74, 6) is -0.484. The van der Waals surface area contributed by atoms with Gasteiger partial charge in [0.1, 0.15) is 11.7 Å². The molecule has 0 aliphatic heterocycles. The highest BCUT2D eigenvalue weighted by atomic mass is 15.5. The van der Waals surface area contributed by atoms with Crippen LogP contribution in [0.15, 0.2) is 48.8 Å². The maximum absolute atomic E-state index is 6.19. The molecule has 0 bridgehead atoms. The summed E-state index contributed by atoms with van der Waals surface area (Å²) < 4.78 is 1.76. The van der Waals surface area contributed by atoms with Crippen molar-refractivity contribution in [2.24, 2.45) is 5.73 Å². The van der Waals surface area contributed by atoms with Crippen LogP contribution >= 0.6 is 0 Å². The van der Waals surface area contributed by atoms with E-state index < -0.39 is 5.82 Å². The van der Waals surface area contributed by atoms with Gasteiger partial charge in [0.15, 0.2) is 0 Å². The molecule has 20 heavy (non-hydrogen) atoms. The zero-order chi connectivity index (χ0) is 14.9. The number of nitrogens with zero attached hydrogens (tertiary/aromatic N) is 4. The second kappa shape index (κ2) is 5.40. The van der Waals surface area contributed by atoms with Crippen molar-refractivity contribution in [1.29, 1.82) is 0 Å². The van der Waals surface area contributed by atoms with E-state index in [2.05, 4.69) is 23.5 Å². The van der Waals surface area contributed by atoms with E-state index in [-0.39, 0.29) is 6.17 Å². The maximum Gasteiger partial charge on any atom is 0.125 e. The maximum atomic E-state index is 6.19. The molecule has 2 aromatic rings. The molecule has 2 N–H and O–H groups in total. The molecule has 6 heteroatoms. The van der Waals surface area contributed by atoms with Crippen LogP contribution in [0.5, 0.6) is 0 Å².